The third kappa shape index (κ3) is 2.62. The molecule has 0 bridgehead atoms. The summed E-state index contributed by atoms with van der Waals surface area (Å²) in [5, 5.41) is 16.9. The SMILES string of the molecule is COc1ccccc1-n1cnnc1SCC(=O)O. The van der Waals surface area contributed by atoms with Gasteiger partial charge in [-0.05, 0) is 12.1 Å². The maximum Gasteiger partial charge on any atom is 0.313 e. The molecule has 2 rings (SSSR count). The molecule has 1 aromatic heterocycles. The van der Waals surface area contributed by atoms with Crippen LogP contribution < -0.4 is 4.74 Å². The Bertz CT molecular complexity index is 556. The van der Waals surface area contributed by atoms with E-state index in [-0.39, 0.29) is 5.75 Å². The van der Waals surface area contributed by atoms with E-state index in [1.165, 1.54) is 6.33 Å². The maximum absolute atomic E-state index is 10.6. The van der Waals surface area contributed by atoms with Crippen molar-refractivity contribution in [2.24, 2.45) is 0 Å². The molecule has 0 atom stereocenters. The minimum absolute atomic E-state index is 0.0617. The molecule has 0 aliphatic carbocycles. The Hall–Kier alpha value is -2.02. The van der Waals surface area contributed by atoms with E-state index in [1.807, 2.05) is 24.3 Å². The summed E-state index contributed by atoms with van der Waals surface area (Å²) in [6.45, 7) is 0. The third-order valence-corrected chi connectivity index (χ3v) is 3.11. The van der Waals surface area contributed by atoms with Crippen molar-refractivity contribution >= 4 is 17.7 Å². The number of rotatable bonds is 5. The number of carboxylic acid groups (broad SMARTS) is 1. The molecule has 0 amide bonds. The lowest BCUT2D eigenvalue weighted by molar-refractivity contribution is -0.133. The number of aromatic nitrogens is 3. The number of hydrogen-bond donors (Lipinski definition) is 1. The van der Waals surface area contributed by atoms with Crippen molar-refractivity contribution in [2.45, 2.75) is 5.16 Å². The maximum atomic E-state index is 10.6. The molecule has 2 aromatic rings. The fourth-order valence-corrected chi connectivity index (χ4v) is 2.09. The van der Waals surface area contributed by atoms with Crippen molar-refractivity contribution in [2.75, 3.05) is 12.9 Å². The summed E-state index contributed by atoms with van der Waals surface area (Å²) in [6.07, 6.45) is 1.53. The van der Waals surface area contributed by atoms with E-state index in [2.05, 4.69) is 10.2 Å². The van der Waals surface area contributed by atoms with Crippen LogP contribution in [-0.2, 0) is 4.79 Å². The first-order valence-electron chi connectivity index (χ1n) is 5.10. The summed E-state index contributed by atoms with van der Waals surface area (Å²) < 4.78 is 6.95. The van der Waals surface area contributed by atoms with Crippen molar-refractivity contribution in [3.05, 3.63) is 30.6 Å². The first kappa shape index (κ1) is 12.4. The Labute approximate surface area is 108 Å². The molecule has 0 unspecified atom stereocenters. The number of benzene rings is 1. The van der Waals surface area contributed by atoms with Crippen molar-refractivity contribution in [3.8, 4) is 11.4 Å². The molecule has 0 saturated carbocycles. The summed E-state index contributed by atoms with van der Waals surface area (Å²) in [4.78, 5) is 10.6. The molecule has 1 aromatic carbocycles. The van der Waals surface area contributed by atoms with Gasteiger partial charge in [-0.25, -0.2) is 0 Å². The standard InChI is InChI=1S/C11H11N3O3S/c1-17-9-5-3-2-4-8(9)14-7-12-13-11(14)18-6-10(15)16/h2-5,7H,6H2,1H3,(H,15,16). The Kier molecular flexibility index (Phi) is 3.83. The molecule has 6 nitrogen and oxygen atoms in total. The molecule has 18 heavy (non-hydrogen) atoms. The Balaban J connectivity index is 2.33. The summed E-state index contributed by atoms with van der Waals surface area (Å²) in [7, 11) is 1.58. The Morgan fingerprint density at radius 2 is 2.28 bits per heavy atom. The van der Waals surface area contributed by atoms with E-state index in [4.69, 9.17) is 9.84 Å². The van der Waals surface area contributed by atoms with Crippen LogP contribution in [0.1, 0.15) is 0 Å². The van der Waals surface area contributed by atoms with Gasteiger partial charge in [0.25, 0.3) is 0 Å². The fourth-order valence-electron chi connectivity index (χ4n) is 1.44. The zero-order valence-electron chi connectivity index (χ0n) is 9.61. The van der Waals surface area contributed by atoms with Gasteiger partial charge < -0.3 is 9.84 Å². The number of hydrogen-bond acceptors (Lipinski definition) is 5. The average Bonchev–Trinajstić information content (AvgIpc) is 2.84. The summed E-state index contributed by atoms with van der Waals surface area (Å²) >= 11 is 1.11. The molecule has 0 fully saturated rings. The van der Waals surface area contributed by atoms with Crippen LogP contribution >= 0.6 is 11.8 Å². The van der Waals surface area contributed by atoms with Crippen LogP contribution in [0.5, 0.6) is 5.75 Å². The number of aliphatic carboxylic acids is 1. The van der Waals surface area contributed by atoms with Gasteiger partial charge in [-0.15, -0.1) is 10.2 Å². The highest BCUT2D eigenvalue weighted by atomic mass is 32.2. The van der Waals surface area contributed by atoms with Gasteiger partial charge in [-0.3, -0.25) is 9.36 Å². The number of nitrogens with zero attached hydrogens (tertiary/aromatic N) is 3. The van der Waals surface area contributed by atoms with Crippen LogP contribution in [0.25, 0.3) is 5.69 Å². The molecule has 0 radical (unpaired) electrons. The van der Waals surface area contributed by atoms with Crippen molar-refractivity contribution < 1.29 is 14.6 Å². The first-order valence-corrected chi connectivity index (χ1v) is 6.09. The van der Waals surface area contributed by atoms with Gasteiger partial charge in [0.2, 0.25) is 0 Å². The quantitative estimate of drug-likeness (QED) is 0.824. The second-order valence-electron chi connectivity index (χ2n) is 3.34. The van der Waals surface area contributed by atoms with Gasteiger partial charge in [-0.2, -0.15) is 0 Å². The minimum atomic E-state index is -0.894. The monoisotopic (exact) mass is 265 g/mol. The summed E-state index contributed by atoms with van der Waals surface area (Å²) in [5.41, 5.74) is 0.776. The van der Waals surface area contributed by atoms with Gasteiger partial charge in [0, 0.05) is 0 Å². The van der Waals surface area contributed by atoms with Crippen molar-refractivity contribution in [3.63, 3.8) is 0 Å². The van der Waals surface area contributed by atoms with Crippen molar-refractivity contribution in [1.82, 2.24) is 14.8 Å². The lowest BCUT2D eigenvalue weighted by Crippen LogP contribution is -2.02. The lowest BCUT2D eigenvalue weighted by atomic mass is 10.3. The number of carboxylic acids is 1. The average molecular weight is 265 g/mol. The van der Waals surface area contributed by atoms with Crippen molar-refractivity contribution in [1.29, 1.82) is 0 Å². The summed E-state index contributed by atoms with van der Waals surface area (Å²) in [6, 6.07) is 7.40. The van der Waals surface area contributed by atoms with E-state index in [9.17, 15) is 4.79 Å². The predicted octanol–water partition coefficient (Wildman–Crippen LogP) is 1.45. The molecule has 7 heteroatoms. The fraction of sp³-hybridized carbons (Fsp3) is 0.182. The molecule has 0 aliphatic rings. The largest absolute Gasteiger partial charge is 0.495 e. The summed E-state index contributed by atoms with van der Waals surface area (Å²) in [5.74, 6) is -0.280. The minimum Gasteiger partial charge on any atom is -0.495 e. The molecule has 0 spiro atoms. The van der Waals surface area contributed by atoms with E-state index in [0.717, 1.165) is 17.4 Å². The highest BCUT2D eigenvalue weighted by Crippen LogP contribution is 2.26. The smallest absolute Gasteiger partial charge is 0.313 e. The molecular weight excluding hydrogens is 254 g/mol. The molecule has 1 heterocycles. The Morgan fingerprint density at radius 1 is 1.50 bits per heavy atom. The topological polar surface area (TPSA) is 77.2 Å². The van der Waals surface area contributed by atoms with E-state index < -0.39 is 5.97 Å². The van der Waals surface area contributed by atoms with Crippen LogP contribution in [0.3, 0.4) is 0 Å². The highest BCUT2D eigenvalue weighted by molar-refractivity contribution is 7.99. The van der Waals surface area contributed by atoms with E-state index in [1.54, 1.807) is 11.7 Å². The van der Waals surface area contributed by atoms with Gasteiger partial charge in [0.05, 0.1) is 18.6 Å². The zero-order chi connectivity index (χ0) is 13.0. The third-order valence-electron chi connectivity index (χ3n) is 2.19. The molecule has 1 N–H and O–H groups in total. The van der Waals surface area contributed by atoms with Gasteiger partial charge in [-0.1, -0.05) is 23.9 Å². The number of thioether (sulfide) groups is 1. The van der Waals surface area contributed by atoms with Gasteiger partial charge >= 0.3 is 5.97 Å². The number of carbonyl (C=O) groups is 1. The van der Waals surface area contributed by atoms with E-state index >= 15 is 0 Å². The van der Waals surface area contributed by atoms with Crippen LogP contribution in [0.15, 0.2) is 35.7 Å². The predicted molar refractivity (Wildman–Crippen MR) is 66.3 cm³/mol. The molecule has 0 saturated heterocycles. The first-order chi connectivity index (χ1) is 8.72. The number of ether oxygens (including phenoxy) is 1. The normalized spacial score (nSPS) is 10.3. The van der Waals surface area contributed by atoms with Crippen LogP contribution in [0, 0.1) is 0 Å². The van der Waals surface area contributed by atoms with Crippen LogP contribution in [0.2, 0.25) is 0 Å². The zero-order valence-corrected chi connectivity index (χ0v) is 10.4. The van der Waals surface area contributed by atoms with E-state index in [0.29, 0.717) is 10.9 Å². The van der Waals surface area contributed by atoms with Crippen LogP contribution in [-0.4, -0.2) is 38.7 Å². The molecule has 0 aliphatic heterocycles. The number of methoxy groups -OCH3 is 1. The van der Waals surface area contributed by atoms with Gasteiger partial charge in [0.15, 0.2) is 5.16 Å². The van der Waals surface area contributed by atoms with Crippen LogP contribution in [0.4, 0.5) is 0 Å². The van der Waals surface area contributed by atoms with Gasteiger partial charge in [0.1, 0.15) is 12.1 Å². The molecular formula is C11H11N3O3S. The second-order valence-corrected chi connectivity index (χ2v) is 4.28. The Morgan fingerprint density at radius 3 is 3.00 bits per heavy atom. The highest BCUT2D eigenvalue weighted by Gasteiger charge is 2.12. The molecule has 94 valence electrons. The lowest BCUT2D eigenvalue weighted by Gasteiger charge is -2.09. The number of para-hydroxylation sites is 2. The second kappa shape index (κ2) is 5.54.